The van der Waals surface area contributed by atoms with E-state index in [9.17, 15) is 8.42 Å². The Hall–Kier alpha value is -1.70. The number of thiophene rings is 1. The maximum Gasteiger partial charge on any atom is 0.263 e. The Morgan fingerprint density at radius 3 is 2.21 bits per heavy atom. The van der Waals surface area contributed by atoms with Gasteiger partial charge in [0.1, 0.15) is 9.90 Å². The van der Waals surface area contributed by atoms with E-state index in [-0.39, 0.29) is 0 Å². The van der Waals surface area contributed by atoms with Gasteiger partial charge in [-0.3, -0.25) is 4.72 Å². The van der Waals surface area contributed by atoms with E-state index in [4.69, 9.17) is 0 Å². The van der Waals surface area contributed by atoms with Gasteiger partial charge < -0.3 is 0 Å². The predicted molar refractivity (Wildman–Crippen MR) is 102 cm³/mol. The summed E-state index contributed by atoms with van der Waals surface area (Å²) in [5.41, 5.74) is 2.64. The van der Waals surface area contributed by atoms with Gasteiger partial charge in [0.2, 0.25) is 0 Å². The van der Waals surface area contributed by atoms with Crippen LogP contribution in [0, 0.1) is 27.7 Å². The number of aromatic nitrogens is 1. The molecule has 0 unspecified atom stereocenters. The fraction of sp³-hybridized carbons (Fsp3) is 0.235. The molecule has 0 spiro atoms. The van der Waals surface area contributed by atoms with Crippen LogP contribution in [0.2, 0.25) is 0 Å². The van der Waals surface area contributed by atoms with Crippen molar-refractivity contribution in [1.82, 2.24) is 4.98 Å². The lowest BCUT2D eigenvalue weighted by atomic mass is 10.2. The Labute approximate surface area is 150 Å². The average molecular weight is 379 g/mol. The van der Waals surface area contributed by atoms with Crippen molar-refractivity contribution in [1.29, 1.82) is 0 Å². The van der Waals surface area contributed by atoms with Crippen molar-refractivity contribution in [3.8, 4) is 9.88 Å². The van der Waals surface area contributed by atoms with Gasteiger partial charge in [0.15, 0.2) is 0 Å². The smallest absolute Gasteiger partial charge is 0.263 e. The Balaban J connectivity index is 1.95. The first kappa shape index (κ1) is 17.1. The summed E-state index contributed by atoms with van der Waals surface area (Å²) >= 11 is 3.05. The van der Waals surface area contributed by atoms with Crippen molar-refractivity contribution in [2.75, 3.05) is 4.72 Å². The highest BCUT2D eigenvalue weighted by molar-refractivity contribution is 7.93. The highest BCUT2D eigenvalue weighted by atomic mass is 32.2. The number of hydrogen-bond acceptors (Lipinski definition) is 5. The molecule has 3 aromatic rings. The summed E-state index contributed by atoms with van der Waals surface area (Å²) in [6.45, 7) is 7.77. The minimum atomic E-state index is -3.61. The van der Waals surface area contributed by atoms with Crippen LogP contribution in [0.1, 0.15) is 21.0 Å². The molecule has 0 radical (unpaired) electrons. The van der Waals surface area contributed by atoms with Crippen LogP contribution in [0.15, 0.2) is 35.2 Å². The molecule has 1 N–H and O–H groups in total. The zero-order chi connectivity index (χ0) is 17.5. The van der Waals surface area contributed by atoms with E-state index < -0.39 is 10.0 Å². The number of nitrogens with zero attached hydrogens (tertiary/aromatic N) is 1. The molecule has 7 heteroatoms. The van der Waals surface area contributed by atoms with Crippen LogP contribution < -0.4 is 4.72 Å². The Morgan fingerprint density at radius 1 is 0.958 bits per heavy atom. The highest BCUT2D eigenvalue weighted by Crippen LogP contribution is 2.37. The van der Waals surface area contributed by atoms with Crippen LogP contribution in [0.25, 0.3) is 9.88 Å². The third-order valence-electron chi connectivity index (χ3n) is 3.70. The number of nitrogens with one attached hydrogen (secondary N) is 1. The SMILES string of the molecule is Cc1ccc(NS(=O)(=O)c2cc(-c3nc(C)c(C)s3)sc2C)cc1. The molecule has 1 aromatic carbocycles. The molecule has 2 heterocycles. The molecule has 0 saturated carbocycles. The third kappa shape index (κ3) is 3.38. The number of rotatable bonds is 4. The molecule has 4 nitrogen and oxygen atoms in total. The molecule has 0 saturated heterocycles. The van der Waals surface area contributed by atoms with E-state index >= 15 is 0 Å². The minimum Gasteiger partial charge on any atom is -0.280 e. The number of hydrogen-bond donors (Lipinski definition) is 1. The molecule has 3 rings (SSSR count). The van der Waals surface area contributed by atoms with Crippen molar-refractivity contribution in [3.63, 3.8) is 0 Å². The quantitative estimate of drug-likeness (QED) is 0.702. The lowest BCUT2D eigenvalue weighted by Crippen LogP contribution is -2.13. The van der Waals surface area contributed by atoms with Gasteiger partial charge in [0.25, 0.3) is 10.0 Å². The minimum absolute atomic E-state index is 0.314. The summed E-state index contributed by atoms with van der Waals surface area (Å²) in [5.74, 6) is 0. The molecule has 0 aliphatic carbocycles. The van der Waals surface area contributed by atoms with Crippen LogP contribution >= 0.6 is 22.7 Å². The van der Waals surface area contributed by atoms with E-state index in [1.165, 1.54) is 11.3 Å². The lowest BCUT2D eigenvalue weighted by Gasteiger charge is -2.07. The molecule has 0 aliphatic rings. The predicted octanol–water partition coefficient (Wildman–Crippen LogP) is 4.91. The van der Waals surface area contributed by atoms with Gasteiger partial charge in [-0.05, 0) is 45.9 Å². The number of benzene rings is 1. The summed E-state index contributed by atoms with van der Waals surface area (Å²) in [4.78, 5) is 7.64. The topological polar surface area (TPSA) is 59.1 Å². The molecule has 126 valence electrons. The zero-order valence-corrected chi connectivity index (χ0v) is 16.3. The van der Waals surface area contributed by atoms with E-state index in [0.717, 1.165) is 30.9 Å². The molecule has 0 atom stereocenters. The maximum absolute atomic E-state index is 12.7. The summed E-state index contributed by atoms with van der Waals surface area (Å²) in [5, 5.41) is 0.870. The van der Waals surface area contributed by atoms with E-state index in [2.05, 4.69) is 9.71 Å². The third-order valence-corrected chi connectivity index (χ3v) is 7.63. The van der Waals surface area contributed by atoms with Crippen molar-refractivity contribution in [2.45, 2.75) is 32.6 Å². The number of aryl methyl sites for hydroxylation is 4. The Kier molecular flexibility index (Phi) is 4.50. The number of sulfonamides is 1. The maximum atomic E-state index is 12.7. The van der Waals surface area contributed by atoms with Gasteiger partial charge in [0.05, 0.1) is 10.6 Å². The first-order valence-corrected chi connectivity index (χ1v) is 10.5. The van der Waals surface area contributed by atoms with Gasteiger partial charge in [-0.1, -0.05) is 17.7 Å². The van der Waals surface area contributed by atoms with Crippen molar-refractivity contribution < 1.29 is 8.42 Å². The standard InChI is InChI=1S/C17H18N2O2S3/c1-10-5-7-14(8-6-10)19-24(20,21)16-9-15(22-13(16)4)17-18-11(2)12(3)23-17/h5-9,19H,1-4H3. The summed E-state index contributed by atoms with van der Waals surface area (Å²) in [6, 6.07) is 9.01. The molecular weight excluding hydrogens is 360 g/mol. The normalized spacial score (nSPS) is 11.7. The summed E-state index contributed by atoms with van der Waals surface area (Å²) in [7, 11) is -3.61. The summed E-state index contributed by atoms with van der Waals surface area (Å²) in [6.07, 6.45) is 0. The molecule has 24 heavy (non-hydrogen) atoms. The Morgan fingerprint density at radius 2 is 1.62 bits per heavy atom. The largest absolute Gasteiger partial charge is 0.280 e. The van der Waals surface area contributed by atoms with Crippen LogP contribution in [-0.4, -0.2) is 13.4 Å². The molecule has 0 bridgehead atoms. The molecule has 2 aromatic heterocycles. The van der Waals surface area contributed by atoms with E-state index in [1.54, 1.807) is 29.5 Å². The van der Waals surface area contributed by atoms with Crippen molar-refractivity contribution in [2.24, 2.45) is 0 Å². The zero-order valence-electron chi connectivity index (χ0n) is 13.9. The van der Waals surface area contributed by atoms with Crippen LogP contribution in [-0.2, 0) is 10.0 Å². The molecule has 0 aliphatic heterocycles. The fourth-order valence-corrected chi connectivity index (χ4v) is 5.86. The monoisotopic (exact) mass is 378 g/mol. The van der Waals surface area contributed by atoms with Crippen LogP contribution in [0.4, 0.5) is 5.69 Å². The number of thiazole rings is 1. The van der Waals surface area contributed by atoms with E-state index in [0.29, 0.717) is 10.6 Å². The second-order valence-corrected chi connectivity index (χ2v) is 9.77. The van der Waals surface area contributed by atoms with Crippen LogP contribution in [0.3, 0.4) is 0 Å². The highest BCUT2D eigenvalue weighted by Gasteiger charge is 2.22. The second kappa shape index (κ2) is 6.31. The lowest BCUT2D eigenvalue weighted by molar-refractivity contribution is 0.601. The Bertz CT molecular complexity index is 964. The first-order chi connectivity index (χ1) is 11.3. The fourth-order valence-electron chi connectivity index (χ4n) is 2.25. The van der Waals surface area contributed by atoms with Gasteiger partial charge in [-0.15, -0.1) is 22.7 Å². The van der Waals surface area contributed by atoms with Gasteiger partial charge in [-0.2, -0.15) is 0 Å². The van der Waals surface area contributed by atoms with Gasteiger partial charge in [-0.25, -0.2) is 13.4 Å². The number of anilines is 1. The molecule has 0 amide bonds. The average Bonchev–Trinajstić information content (AvgIpc) is 3.05. The summed E-state index contributed by atoms with van der Waals surface area (Å²) < 4.78 is 28.1. The van der Waals surface area contributed by atoms with Crippen LogP contribution in [0.5, 0.6) is 0 Å². The van der Waals surface area contributed by atoms with Crippen molar-refractivity contribution >= 4 is 38.4 Å². The van der Waals surface area contributed by atoms with E-state index in [1.807, 2.05) is 39.8 Å². The van der Waals surface area contributed by atoms with Gasteiger partial charge in [0, 0.05) is 15.4 Å². The first-order valence-electron chi connectivity index (χ1n) is 7.40. The van der Waals surface area contributed by atoms with Gasteiger partial charge >= 0.3 is 0 Å². The second-order valence-electron chi connectivity index (χ2n) is 5.66. The molecular formula is C17H18N2O2S3. The van der Waals surface area contributed by atoms with Crippen molar-refractivity contribution in [3.05, 3.63) is 51.3 Å². The molecule has 0 fully saturated rings.